The second-order valence-corrected chi connectivity index (χ2v) is 5.22. The fraction of sp³-hybridized carbons (Fsp3) is 0.500. The van der Waals surface area contributed by atoms with Crippen molar-refractivity contribution in [2.75, 3.05) is 11.5 Å². The fourth-order valence-corrected chi connectivity index (χ4v) is 1.52. The van der Waals surface area contributed by atoms with E-state index in [1.165, 1.54) is 4.90 Å². The smallest absolute Gasteiger partial charge is 0.415 e. The van der Waals surface area contributed by atoms with E-state index < -0.39 is 11.7 Å². The summed E-state index contributed by atoms with van der Waals surface area (Å²) in [5.74, 6) is 0. The molecule has 0 aliphatic heterocycles. The summed E-state index contributed by atoms with van der Waals surface area (Å²) in [6.07, 6.45) is -0.449. The molecule has 100 valence electrons. The van der Waals surface area contributed by atoms with Crippen LogP contribution in [0.5, 0.6) is 0 Å². The first-order valence-corrected chi connectivity index (χ1v) is 6.03. The molecule has 0 radical (unpaired) electrons. The second-order valence-electron chi connectivity index (χ2n) is 5.22. The van der Waals surface area contributed by atoms with Crippen LogP contribution in [0.15, 0.2) is 30.3 Å². The Morgan fingerprint density at radius 2 is 1.89 bits per heavy atom. The van der Waals surface area contributed by atoms with E-state index in [-0.39, 0.29) is 12.6 Å². The van der Waals surface area contributed by atoms with Crippen LogP contribution in [0.25, 0.3) is 0 Å². The van der Waals surface area contributed by atoms with Gasteiger partial charge < -0.3 is 9.84 Å². The minimum absolute atomic E-state index is 0.117. The summed E-state index contributed by atoms with van der Waals surface area (Å²) in [4.78, 5) is 13.6. The first-order valence-electron chi connectivity index (χ1n) is 6.03. The highest BCUT2D eigenvalue weighted by Crippen LogP contribution is 2.20. The minimum Gasteiger partial charge on any atom is -0.443 e. The van der Waals surface area contributed by atoms with Gasteiger partial charge in [-0.2, -0.15) is 0 Å². The van der Waals surface area contributed by atoms with Crippen molar-refractivity contribution in [1.82, 2.24) is 0 Å². The molecule has 0 bridgehead atoms. The summed E-state index contributed by atoms with van der Waals surface area (Å²) in [5.41, 5.74) is 0.160. The van der Waals surface area contributed by atoms with E-state index in [2.05, 4.69) is 0 Å². The van der Waals surface area contributed by atoms with Gasteiger partial charge in [0.05, 0.1) is 12.6 Å². The zero-order valence-corrected chi connectivity index (χ0v) is 11.4. The first kappa shape index (κ1) is 14.5. The lowest BCUT2D eigenvalue weighted by atomic mass is 10.2. The quantitative estimate of drug-likeness (QED) is 0.898. The van der Waals surface area contributed by atoms with Crippen molar-refractivity contribution in [2.24, 2.45) is 0 Å². The Labute approximate surface area is 108 Å². The van der Waals surface area contributed by atoms with Crippen LogP contribution in [0, 0.1) is 0 Å². The number of para-hydroxylation sites is 1. The number of carbonyl (C=O) groups is 1. The number of amides is 1. The van der Waals surface area contributed by atoms with E-state index in [1.54, 1.807) is 6.92 Å². The predicted molar refractivity (Wildman–Crippen MR) is 71.7 cm³/mol. The van der Waals surface area contributed by atoms with Crippen LogP contribution in [-0.2, 0) is 4.74 Å². The van der Waals surface area contributed by atoms with E-state index in [1.807, 2.05) is 51.1 Å². The van der Waals surface area contributed by atoms with Gasteiger partial charge in [0.1, 0.15) is 5.60 Å². The van der Waals surface area contributed by atoms with Gasteiger partial charge in [-0.3, -0.25) is 4.90 Å². The molecule has 1 amide bonds. The predicted octanol–water partition coefficient (Wildman–Crippen LogP) is 2.81. The van der Waals surface area contributed by atoms with Gasteiger partial charge in [0.25, 0.3) is 0 Å². The summed E-state index contributed by atoms with van der Waals surface area (Å²) in [6.45, 7) is 7.11. The number of aliphatic hydroxyl groups excluding tert-OH is 1. The molecule has 0 aliphatic rings. The van der Waals surface area contributed by atoms with Gasteiger partial charge in [0.15, 0.2) is 0 Å². The second kappa shape index (κ2) is 5.87. The Bertz CT molecular complexity index is 384. The van der Waals surface area contributed by atoms with E-state index in [4.69, 9.17) is 4.74 Å². The highest BCUT2D eigenvalue weighted by atomic mass is 16.6. The van der Waals surface area contributed by atoms with E-state index in [9.17, 15) is 9.90 Å². The monoisotopic (exact) mass is 251 g/mol. The summed E-state index contributed by atoms with van der Waals surface area (Å²) >= 11 is 0. The normalized spacial score (nSPS) is 12.9. The van der Waals surface area contributed by atoms with Gasteiger partial charge in [-0.25, -0.2) is 4.79 Å². The van der Waals surface area contributed by atoms with E-state index in [0.29, 0.717) is 5.69 Å². The largest absolute Gasteiger partial charge is 0.443 e. The maximum absolute atomic E-state index is 12.2. The highest BCUT2D eigenvalue weighted by molar-refractivity contribution is 5.88. The first-order chi connectivity index (χ1) is 8.35. The van der Waals surface area contributed by atoms with E-state index >= 15 is 0 Å². The Morgan fingerprint density at radius 1 is 1.33 bits per heavy atom. The zero-order valence-electron chi connectivity index (χ0n) is 11.4. The molecule has 18 heavy (non-hydrogen) atoms. The number of rotatable bonds is 3. The maximum Gasteiger partial charge on any atom is 0.415 e. The molecule has 1 N–H and O–H groups in total. The summed E-state index contributed by atoms with van der Waals surface area (Å²) < 4.78 is 5.35. The van der Waals surface area contributed by atoms with Crippen LogP contribution in [0.4, 0.5) is 10.5 Å². The Balaban J connectivity index is 2.96. The number of benzene rings is 1. The topological polar surface area (TPSA) is 49.8 Å². The van der Waals surface area contributed by atoms with Gasteiger partial charge in [0, 0.05) is 5.69 Å². The number of anilines is 1. The molecule has 4 nitrogen and oxygen atoms in total. The number of hydrogen-bond acceptors (Lipinski definition) is 3. The third kappa shape index (κ3) is 4.04. The molecule has 0 saturated carbocycles. The van der Waals surface area contributed by atoms with Gasteiger partial charge in [0.2, 0.25) is 0 Å². The molecule has 1 rings (SSSR count). The third-order valence-corrected chi connectivity index (χ3v) is 2.33. The van der Waals surface area contributed by atoms with Crippen LogP contribution in [-0.4, -0.2) is 29.4 Å². The molecule has 0 fully saturated rings. The summed E-state index contributed by atoms with van der Waals surface area (Å²) in [5, 5.41) is 9.26. The van der Waals surface area contributed by atoms with Crippen LogP contribution in [0.1, 0.15) is 27.7 Å². The van der Waals surface area contributed by atoms with Gasteiger partial charge in [-0.1, -0.05) is 18.2 Å². The third-order valence-electron chi connectivity index (χ3n) is 2.33. The Morgan fingerprint density at radius 3 is 2.33 bits per heavy atom. The van der Waals surface area contributed by atoms with Crippen LogP contribution in [0.3, 0.4) is 0 Å². The van der Waals surface area contributed by atoms with Crippen LogP contribution in [0.2, 0.25) is 0 Å². The summed E-state index contributed by atoms with van der Waals surface area (Å²) in [6, 6.07) is 8.86. The lowest BCUT2D eigenvalue weighted by Gasteiger charge is -2.30. The van der Waals surface area contributed by atoms with Crippen molar-refractivity contribution < 1.29 is 14.6 Å². The number of hydrogen-bond donors (Lipinski definition) is 1. The van der Waals surface area contributed by atoms with Gasteiger partial charge >= 0.3 is 6.09 Å². The van der Waals surface area contributed by atoms with Crippen LogP contribution >= 0.6 is 0 Å². The number of carbonyl (C=O) groups excluding carboxylic acids is 1. The molecule has 4 heteroatoms. The number of nitrogens with zero attached hydrogens (tertiary/aromatic N) is 1. The van der Waals surface area contributed by atoms with E-state index in [0.717, 1.165) is 0 Å². The Hall–Kier alpha value is -1.55. The highest BCUT2D eigenvalue weighted by Gasteiger charge is 2.26. The molecule has 1 unspecified atom stereocenters. The van der Waals surface area contributed by atoms with Crippen molar-refractivity contribution in [1.29, 1.82) is 0 Å². The molecule has 1 aromatic rings. The van der Waals surface area contributed by atoms with Crippen molar-refractivity contribution in [3.05, 3.63) is 30.3 Å². The van der Waals surface area contributed by atoms with Crippen molar-refractivity contribution in [3.63, 3.8) is 0 Å². The molecule has 1 aromatic carbocycles. The van der Waals surface area contributed by atoms with Crippen molar-refractivity contribution >= 4 is 11.8 Å². The Kier molecular flexibility index (Phi) is 4.73. The summed E-state index contributed by atoms with van der Waals surface area (Å²) in [7, 11) is 0. The van der Waals surface area contributed by atoms with Gasteiger partial charge in [-0.05, 0) is 39.8 Å². The molecule has 0 saturated heterocycles. The van der Waals surface area contributed by atoms with Gasteiger partial charge in [-0.15, -0.1) is 0 Å². The van der Waals surface area contributed by atoms with Crippen LogP contribution < -0.4 is 4.90 Å². The lowest BCUT2D eigenvalue weighted by Crippen LogP contribution is -2.44. The van der Waals surface area contributed by atoms with Crippen molar-refractivity contribution in [3.8, 4) is 0 Å². The molecular formula is C14H21NO3. The number of aliphatic hydroxyl groups is 1. The zero-order chi connectivity index (χ0) is 13.8. The molecular weight excluding hydrogens is 230 g/mol. The average Bonchev–Trinajstić information content (AvgIpc) is 2.28. The fourth-order valence-electron chi connectivity index (χ4n) is 1.52. The molecule has 0 aliphatic carbocycles. The number of ether oxygens (including phenoxy) is 1. The van der Waals surface area contributed by atoms with Crippen molar-refractivity contribution in [2.45, 2.75) is 39.3 Å². The standard InChI is InChI=1S/C14H21NO3/c1-11(10-16)15(12-8-6-5-7-9-12)13(17)18-14(2,3)4/h5-9,11,16H,10H2,1-4H3. The minimum atomic E-state index is -0.556. The maximum atomic E-state index is 12.2. The molecule has 1 atom stereocenters. The molecule has 0 heterocycles. The molecule has 0 aromatic heterocycles. The SMILES string of the molecule is CC(CO)N(C(=O)OC(C)(C)C)c1ccccc1. The lowest BCUT2D eigenvalue weighted by molar-refractivity contribution is 0.0555. The molecule has 0 spiro atoms. The average molecular weight is 251 g/mol.